The van der Waals surface area contributed by atoms with Gasteiger partial charge >= 0.3 is 0 Å². The normalized spacial score (nSPS) is 9.82. The number of aryl methyl sites for hydroxylation is 1. The lowest BCUT2D eigenvalue weighted by Crippen LogP contribution is -2.19. The third kappa shape index (κ3) is 6.09. The Balaban J connectivity index is 0.00000121. The maximum absolute atomic E-state index is 13.0. The Labute approximate surface area is 104 Å². The van der Waals surface area contributed by atoms with Crippen molar-refractivity contribution >= 4 is 0 Å². The zero-order chi connectivity index (χ0) is 13.5. The van der Waals surface area contributed by atoms with Gasteiger partial charge in [-0.2, -0.15) is 0 Å². The summed E-state index contributed by atoms with van der Waals surface area (Å²) in [5.41, 5.74) is 1.05. The third-order valence-electron chi connectivity index (χ3n) is 2.06. The van der Waals surface area contributed by atoms with Crippen molar-refractivity contribution in [3.63, 3.8) is 0 Å². The van der Waals surface area contributed by atoms with E-state index in [0.717, 1.165) is 5.56 Å². The van der Waals surface area contributed by atoms with Gasteiger partial charge in [-0.15, -0.1) is 0 Å². The summed E-state index contributed by atoms with van der Waals surface area (Å²) in [4.78, 5) is 0. The molecule has 0 atom stereocenters. The highest BCUT2D eigenvalue weighted by Gasteiger charge is 2.10. The predicted octanol–water partition coefficient (Wildman–Crippen LogP) is 3.94. The molecule has 0 saturated carbocycles. The first kappa shape index (κ1) is 15.7. The minimum Gasteiger partial charge on any atom is -0.366 e. The summed E-state index contributed by atoms with van der Waals surface area (Å²) >= 11 is 0. The molecule has 0 aromatic heterocycles. The van der Waals surface area contributed by atoms with E-state index in [1.807, 2.05) is 40.7 Å². The zero-order valence-corrected chi connectivity index (χ0v) is 11.5. The fraction of sp³-hybridized carbons (Fsp3) is 0.467. The Kier molecular flexibility index (Phi) is 6.53. The molecule has 1 aromatic carbocycles. The average Bonchev–Trinajstić information content (AvgIpc) is 2.28. The summed E-state index contributed by atoms with van der Waals surface area (Å²) in [7, 11) is 1.60. The molecule has 0 unspecified atom stereocenters. The second-order valence-corrected chi connectivity index (χ2v) is 3.98. The first-order valence-corrected chi connectivity index (χ1v) is 5.78. The summed E-state index contributed by atoms with van der Waals surface area (Å²) in [6.45, 7) is 9.58. The van der Waals surface area contributed by atoms with Crippen molar-refractivity contribution in [1.82, 2.24) is 0 Å². The van der Waals surface area contributed by atoms with Crippen molar-refractivity contribution in [1.29, 1.82) is 0 Å². The zero-order valence-electron chi connectivity index (χ0n) is 11.5. The van der Waals surface area contributed by atoms with Gasteiger partial charge in [0, 0.05) is 12.7 Å². The van der Waals surface area contributed by atoms with Gasteiger partial charge in [0.25, 0.3) is 0 Å². The van der Waals surface area contributed by atoms with Crippen molar-refractivity contribution in [2.24, 2.45) is 0 Å². The molecule has 2 heteroatoms. The Morgan fingerprint density at radius 2 is 1.76 bits per heavy atom. The lowest BCUT2D eigenvalue weighted by molar-refractivity contribution is 0.0742. The van der Waals surface area contributed by atoms with Gasteiger partial charge in [-0.3, -0.25) is 0 Å². The second-order valence-electron chi connectivity index (χ2n) is 3.98. The van der Waals surface area contributed by atoms with E-state index < -0.39 is 5.60 Å². The minimum atomic E-state index is -0.500. The number of hydrogen-bond donors (Lipinski definition) is 0. The molecule has 0 radical (unpaired) electrons. The van der Waals surface area contributed by atoms with Crippen molar-refractivity contribution in [2.75, 3.05) is 7.11 Å². The summed E-state index contributed by atoms with van der Waals surface area (Å²) in [6, 6.07) is 4.75. The molecule has 0 spiro atoms. The molecule has 0 bridgehead atoms. The summed E-state index contributed by atoms with van der Waals surface area (Å²) in [5, 5.41) is 0. The van der Waals surface area contributed by atoms with E-state index in [9.17, 15) is 4.39 Å². The Bertz CT molecular complexity index is 390. The summed E-state index contributed by atoms with van der Waals surface area (Å²) < 4.78 is 18.2. The molecule has 17 heavy (non-hydrogen) atoms. The van der Waals surface area contributed by atoms with E-state index in [4.69, 9.17) is 4.74 Å². The highest BCUT2D eigenvalue weighted by atomic mass is 19.1. The predicted molar refractivity (Wildman–Crippen MR) is 70.5 cm³/mol. The van der Waals surface area contributed by atoms with Crippen molar-refractivity contribution < 1.29 is 9.13 Å². The molecule has 0 fully saturated rings. The van der Waals surface area contributed by atoms with Crippen molar-refractivity contribution in [3.8, 4) is 11.8 Å². The fourth-order valence-corrected chi connectivity index (χ4v) is 1.08. The van der Waals surface area contributed by atoms with Crippen molar-refractivity contribution in [3.05, 3.63) is 35.1 Å². The summed E-state index contributed by atoms with van der Waals surface area (Å²) in [6.07, 6.45) is 0. The maximum atomic E-state index is 13.0. The molecule has 0 aliphatic carbocycles. The first-order valence-electron chi connectivity index (χ1n) is 5.78. The van der Waals surface area contributed by atoms with E-state index in [2.05, 4.69) is 11.8 Å². The van der Waals surface area contributed by atoms with Gasteiger partial charge in [-0.05, 0) is 44.5 Å². The molecule has 0 heterocycles. The van der Waals surface area contributed by atoms with E-state index in [1.165, 1.54) is 12.1 Å². The quantitative estimate of drug-likeness (QED) is 0.671. The maximum Gasteiger partial charge on any atom is 0.124 e. The van der Waals surface area contributed by atoms with Crippen LogP contribution in [-0.4, -0.2) is 12.7 Å². The van der Waals surface area contributed by atoms with Crippen LogP contribution in [0.15, 0.2) is 18.2 Å². The first-order chi connectivity index (χ1) is 7.93. The Morgan fingerprint density at radius 1 is 1.18 bits per heavy atom. The van der Waals surface area contributed by atoms with Crippen LogP contribution in [0, 0.1) is 24.6 Å². The molecule has 0 aliphatic rings. The molecule has 0 saturated heterocycles. The van der Waals surface area contributed by atoms with E-state index in [-0.39, 0.29) is 5.82 Å². The third-order valence-corrected chi connectivity index (χ3v) is 2.06. The summed E-state index contributed by atoms with van der Waals surface area (Å²) in [5.74, 6) is 5.59. The van der Waals surface area contributed by atoms with Gasteiger partial charge in [-0.1, -0.05) is 25.7 Å². The Hall–Kier alpha value is -1.33. The van der Waals surface area contributed by atoms with Gasteiger partial charge < -0.3 is 4.74 Å². The largest absolute Gasteiger partial charge is 0.366 e. The van der Waals surface area contributed by atoms with Gasteiger partial charge in [0.15, 0.2) is 0 Å². The molecule has 0 N–H and O–H groups in total. The molecule has 0 amide bonds. The number of methoxy groups -OCH3 is 1. The number of hydrogen-bond acceptors (Lipinski definition) is 1. The highest BCUT2D eigenvalue weighted by Crippen LogP contribution is 2.09. The molecule has 94 valence electrons. The smallest absolute Gasteiger partial charge is 0.124 e. The van der Waals surface area contributed by atoms with Gasteiger partial charge in [0.2, 0.25) is 0 Å². The van der Waals surface area contributed by atoms with Crippen LogP contribution in [0.1, 0.15) is 38.8 Å². The molecular weight excluding hydrogens is 215 g/mol. The highest BCUT2D eigenvalue weighted by molar-refractivity contribution is 5.38. The van der Waals surface area contributed by atoms with Crippen LogP contribution in [-0.2, 0) is 4.74 Å². The molecular formula is C15H21FO. The number of rotatable bonds is 1. The standard InChI is InChI=1S/C13H15FO.C2H6/c1-10-7-11(9-12(14)8-10)5-6-13(2,3)15-4;1-2/h7-9H,1-4H3;1-2H3. The molecule has 1 nitrogen and oxygen atoms in total. The number of halogens is 1. The second kappa shape index (κ2) is 7.09. The molecule has 1 rings (SSSR count). The minimum absolute atomic E-state index is 0.255. The Morgan fingerprint density at radius 3 is 2.24 bits per heavy atom. The van der Waals surface area contributed by atoms with Crippen LogP contribution >= 0.6 is 0 Å². The van der Waals surface area contributed by atoms with Crippen LogP contribution in [0.3, 0.4) is 0 Å². The average molecular weight is 236 g/mol. The van der Waals surface area contributed by atoms with Crippen LogP contribution in [0.5, 0.6) is 0 Å². The number of ether oxygens (including phenoxy) is 1. The van der Waals surface area contributed by atoms with Crippen molar-refractivity contribution in [2.45, 2.75) is 40.2 Å². The lowest BCUT2D eigenvalue weighted by Gasteiger charge is -2.14. The van der Waals surface area contributed by atoms with Crippen LogP contribution in [0.25, 0.3) is 0 Å². The molecule has 1 aromatic rings. The van der Waals surface area contributed by atoms with E-state index in [1.54, 1.807) is 7.11 Å². The SMILES string of the molecule is CC.COC(C)(C)C#Cc1cc(C)cc(F)c1. The van der Waals surface area contributed by atoms with Crippen LogP contribution in [0.4, 0.5) is 4.39 Å². The fourth-order valence-electron chi connectivity index (χ4n) is 1.08. The van der Waals surface area contributed by atoms with Crippen LogP contribution in [0.2, 0.25) is 0 Å². The van der Waals surface area contributed by atoms with Gasteiger partial charge in [0.1, 0.15) is 11.4 Å². The lowest BCUT2D eigenvalue weighted by atomic mass is 10.1. The topological polar surface area (TPSA) is 9.23 Å². The monoisotopic (exact) mass is 236 g/mol. The van der Waals surface area contributed by atoms with E-state index >= 15 is 0 Å². The van der Waals surface area contributed by atoms with Crippen LogP contribution < -0.4 is 0 Å². The van der Waals surface area contributed by atoms with E-state index in [0.29, 0.717) is 5.56 Å². The molecule has 0 aliphatic heterocycles. The van der Waals surface area contributed by atoms with Gasteiger partial charge in [0.05, 0.1) is 0 Å². The number of benzene rings is 1. The van der Waals surface area contributed by atoms with Gasteiger partial charge in [-0.25, -0.2) is 4.39 Å².